The smallest absolute Gasteiger partial charge is 0.0469 e. The normalized spacial score (nSPS) is 19.5. The Morgan fingerprint density at radius 3 is 2.31 bits per heavy atom. The van der Waals surface area contributed by atoms with Crippen LogP contribution >= 0.6 is 15.9 Å². The quantitative estimate of drug-likeness (QED) is 0.467. The lowest BCUT2D eigenvalue weighted by molar-refractivity contribution is 0.106. The number of rotatable bonds is 8. The third-order valence-corrected chi connectivity index (χ3v) is 4.57. The molecular weight excluding hydrogens is 264 g/mol. The largest absolute Gasteiger partial charge is 0.381 e. The Labute approximate surface area is 109 Å². The molecular formula is C14H27BrO. The second kappa shape index (κ2) is 8.52. The van der Waals surface area contributed by atoms with E-state index in [1.807, 2.05) is 0 Å². The predicted octanol–water partition coefficient (Wildman–Crippen LogP) is 4.64. The van der Waals surface area contributed by atoms with Gasteiger partial charge in [-0.05, 0) is 30.6 Å². The maximum absolute atomic E-state index is 5.72. The first-order valence-corrected chi connectivity index (χ1v) is 8.00. The molecule has 0 saturated heterocycles. The van der Waals surface area contributed by atoms with Gasteiger partial charge in [-0.15, -0.1) is 0 Å². The maximum Gasteiger partial charge on any atom is 0.0469 e. The molecule has 0 aromatic carbocycles. The SMILES string of the molecule is CC(C)CCOCCC(CBr)C1CCCC1. The van der Waals surface area contributed by atoms with E-state index in [1.54, 1.807) is 0 Å². The molecule has 16 heavy (non-hydrogen) atoms. The molecule has 2 heteroatoms. The summed E-state index contributed by atoms with van der Waals surface area (Å²) in [6.45, 7) is 6.41. The van der Waals surface area contributed by atoms with E-state index in [2.05, 4.69) is 29.8 Å². The molecule has 1 atom stereocenters. The summed E-state index contributed by atoms with van der Waals surface area (Å²) < 4.78 is 5.72. The van der Waals surface area contributed by atoms with Crippen molar-refractivity contribution < 1.29 is 4.74 Å². The Morgan fingerprint density at radius 2 is 1.75 bits per heavy atom. The van der Waals surface area contributed by atoms with Crippen LogP contribution in [0.5, 0.6) is 0 Å². The number of ether oxygens (including phenoxy) is 1. The second-order valence-electron chi connectivity index (χ2n) is 5.54. The third kappa shape index (κ3) is 5.67. The molecule has 0 aromatic heterocycles. The van der Waals surface area contributed by atoms with Crippen LogP contribution in [0.25, 0.3) is 0 Å². The minimum absolute atomic E-state index is 0.766. The fraction of sp³-hybridized carbons (Fsp3) is 1.00. The highest BCUT2D eigenvalue weighted by Crippen LogP contribution is 2.34. The average Bonchev–Trinajstić information content (AvgIpc) is 2.76. The van der Waals surface area contributed by atoms with E-state index in [9.17, 15) is 0 Å². The molecule has 0 N–H and O–H groups in total. The fourth-order valence-corrected chi connectivity index (χ4v) is 3.38. The molecule has 1 saturated carbocycles. The standard InChI is InChI=1S/C14H27BrO/c1-12(2)7-9-16-10-8-14(11-15)13-5-3-4-6-13/h12-14H,3-11H2,1-2H3. The highest BCUT2D eigenvalue weighted by molar-refractivity contribution is 9.09. The first-order valence-electron chi connectivity index (χ1n) is 6.87. The van der Waals surface area contributed by atoms with Crippen LogP contribution in [-0.4, -0.2) is 18.5 Å². The summed E-state index contributed by atoms with van der Waals surface area (Å²) in [4.78, 5) is 0. The van der Waals surface area contributed by atoms with Gasteiger partial charge in [-0.3, -0.25) is 0 Å². The summed E-state index contributed by atoms with van der Waals surface area (Å²) in [7, 11) is 0. The van der Waals surface area contributed by atoms with Gasteiger partial charge < -0.3 is 4.74 Å². The van der Waals surface area contributed by atoms with Crippen molar-refractivity contribution in [3.05, 3.63) is 0 Å². The van der Waals surface area contributed by atoms with Crippen molar-refractivity contribution in [1.29, 1.82) is 0 Å². The molecule has 0 aromatic rings. The van der Waals surface area contributed by atoms with E-state index in [0.29, 0.717) is 0 Å². The highest BCUT2D eigenvalue weighted by atomic mass is 79.9. The lowest BCUT2D eigenvalue weighted by atomic mass is 9.90. The van der Waals surface area contributed by atoms with Gasteiger partial charge in [-0.1, -0.05) is 55.5 Å². The van der Waals surface area contributed by atoms with E-state index in [4.69, 9.17) is 4.74 Å². The summed E-state index contributed by atoms with van der Waals surface area (Å²) in [6, 6.07) is 0. The van der Waals surface area contributed by atoms with Gasteiger partial charge in [0.1, 0.15) is 0 Å². The summed E-state index contributed by atoms with van der Waals surface area (Å²) in [5.74, 6) is 2.58. The molecule has 0 aliphatic heterocycles. The molecule has 1 aliphatic carbocycles. The monoisotopic (exact) mass is 290 g/mol. The van der Waals surface area contributed by atoms with Gasteiger partial charge in [0.2, 0.25) is 0 Å². The van der Waals surface area contributed by atoms with Gasteiger partial charge in [0, 0.05) is 18.5 Å². The van der Waals surface area contributed by atoms with Crippen LogP contribution < -0.4 is 0 Å². The topological polar surface area (TPSA) is 9.23 Å². The van der Waals surface area contributed by atoms with Crippen LogP contribution in [0.1, 0.15) is 52.4 Å². The minimum atomic E-state index is 0.766. The number of halogens is 1. The molecule has 96 valence electrons. The Bertz CT molecular complexity index is 164. The third-order valence-electron chi connectivity index (χ3n) is 3.74. The van der Waals surface area contributed by atoms with Crippen LogP contribution in [-0.2, 0) is 4.74 Å². The Balaban J connectivity index is 2.04. The molecule has 0 spiro atoms. The van der Waals surface area contributed by atoms with E-state index < -0.39 is 0 Å². The van der Waals surface area contributed by atoms with Crippen molar-refractivity contribution in [2.45, 2.75) is 52.4 Å². The highest BCUT2D eigenvalue weighted by Gasteiger charge is 2.23. The van der Waals surface area contributed by atoms with Crippen molar-refractivity contribution in [1.82, 2.24) is 0 Å². The van der Waals surface area contributed by atoms with Crippen molar-refractivity contribution >= 4 is 15.9 Å². The number of hydrogen-bond donors (Lipinski definition) is 0. The Kier molecular flexibility index (Phi) is 7.72. The summed E-state index contributed by atoms with van der Waals surface area (Å²) in [5, 5.41) is 1.16. The molecule has 0 amide bonds. The lowest BCUT2D eigenvalue weighted by Crippen LogP contribution is -2.16. The summed E-state index contributed by atoms with van der Waals surface area (Å²) in [6.07, 6.45) is 8.23. The average molecular weight is 291 g/mol. The molecule has 0 heterocycles. The lowest BCUT2D eigenvalue weighted by Gasteiger charge is -2.21. The van der Waals surface area contributed by atoms with Gasteiger partial charge >= 0.3 is 0 Å². The molecule has 0 bridgehead atoms. The van der Waals surface area contributed by atoms with Gasteiger partial charge in [-0.2, -0.15) is 0 Å². The number of alkyl halides is 1. The van der Waals surface area contributed by atoms with E-state index >= 15 is 0 Å². The second-order valence-corrected chi connectivity index (χ2v) is 6.19. The predicted molar refractivity (Wildman–Crippen MR) is 74.1 cm³/mol. The van der Waals surface area contributed by atoms with Crippen LogP contribution in [0.4, 0.5) is 0 Å². The minimum Gasteiger partial charge on any atom is -0.381 e. The van der Waals surface area contributed by atoms with Crippen molar-refractivity contribution in [3.8, 4) is 0 Å². The van der Waals surface area contributed by atoms with E-state index in [0.717, 1.165) is 36.3 Å². The molecule has 1 rings (SSSR count). The molecule has 1 aliphatic rings. The molecule has 1 nitrogen and oxygen atoms in total. The Morgan fingerprint density at radius 1 is 1.12 bits per heavy atom. The van der Waals surface area contributed by atoms with Crippen LogP contribution in [0.15, 0.2) is 0 Å². The molecule has 1 unspecified atom stereocenters. The fourth-order valence-electron chi connectivity index (χ4n) is 2.52. The van der Waals surface area contributed by atoms with E-state index in [-0.39, 0.29) is 0 Å². The first kappa shape index (κ1) is 14.5. The summed E-state index contributed by atoms with van der Waals surface area (Å²) >= 11 is 3.66. The van der Waals surface area contributed by atoms with Gasteiger partial charge in [0.25, 0.3) is 0 Å². The van der Waals surface area contributed by atoms with E-state index in [1.165, 1.54) is 38.5 Å². The van der Waals surface area contributed by atoms with Crippen molar-refractivity contribution in [2.24, 2.45) is 17.8 Å². The van der Waals surface area contributed by atoms with Gasteiger partial charge in [0.05, 0.1) is 0 Å². The Hall–Kier alpha value is 0.440. The summed E-state index contributed by atoms with van der Waals surface area (Å²) in [5.41, 5.74) is 0. The number of hydrogen-bond acceptors (Lipinski definition) is 1. The van der Waals surface area contributed by atoms with Crippen molar-refractivity contribution in [2.75, 3.05) is 18.5 Å². The van der Waals surface area contributed by atoms with Crippen LogP contribution in [0.3, 0.4) is 0 Å². The molecule has 1 fully saturated rings. The molecule has 0 radical (unpaired) electrons. The zero-order valence-corrected chi connectivity index (χ0v) is 12.5. The van der Waals surface area contributed by atoms with Gasteiger partial charge in [0.15, 0.2) is 0 Å². The zero-order valence-electron chi connectivity index (χ0n) is 10.9. The zero-order chi connectivity index (χ0) is 11.8. The van der Waals surface area contributed by atoms with Crippen LogP contribution in [0.2, 0.25) is 0 Å². The van der Waals surface area contributed by atoms with Gasteiger partial charge in [-0.25, -0.2) is 0 Å². The first-order chi connectivity index (χ1) is 7.74. The van der Waals surface area contributed by atoms with Crippen molar-refractivity contribution in [3.63, 3.8) is 0 Å². The maximum atomic E-state index is 5.72. The van der Waals surface area contributed by atoms with Crippen LogP contribution in [0, 0.1) is 17.8 Å².